The number of amides is 1. The Balaban J connectivity index is 1.88. The van der Waals surface area contributed by atoms with Crippen LogP contribution in [0.15, 0.2) is 24.4 Å². The van der Waals surface area contributed by atoms with E-state index in [0.29, 0.717) is 11.1 Å². The van der Waals surface area contributed by atoms with Gasteiger partial charge in [-0.2, -0.15) is 0 Å². The number of carbonyl (C=O) groups excluding carboxylic acids is 1. The highest BCUT2D eigenvalue weighted by Gasteiger charge is 2.18. The smallest absolute Gasteiger partial charge is 0.268 e. The molecule has 0 aliphatic carbocycles. The maximum Gasteiger partial charge on any atom is 0.268 e. The molecule has 0 saturated carbocycles. The second-order valence-electron chi connectivity index (χ2n) is 5.20. The first-order valence-electron chi connectivity index (χ1n) is 7.08. The van der Waals surface area contributed by atoms with Crippen LogP contribution < -0.4 is 10.1 Å². The molecule has 1 aromatic carbocycles. The quantitative estimate of drug-likeness (QED) is 0.767. The number of benzene rings is 1. The fraction of sp³-hybridized carbons (Fsp3) is 0.250. The first-order chi connectivity index (χ1) is 11.0. The third-order valence-corrected chi connectivity index (χ3v) is 4.68. The van der Waals surface area contributed by atoms with E-state index in [1.165, 1.54) is 30.6 Å². The molecule has 2 N–H and O–H groups in total. The number of aromatic amines is 1. The van der Waals surface area contributed by atoms with Gasteiger partial charge in [0.15, 0.2) is 0 Å². The van der Waals surface area contributed by atoms with Gasteiger partial charge in [-0.3, -0.25) is 4.79 Å². The average Bonchev–Trinajstić information content (AvgIpc) is 3.14. The molecular formula is C16H16FN3O2S. The number of ether oxygens (including phenoxy) is 1. The Morgan fingerprint density at radius 1 is 1.48 bits per heavy atom. The zero-order valence-electron chi connectivity index (χ0n) is 12.9. The zero-order chi connectivity index (χ0) is 16.6. The van der Waals surface area contributed by atoms with E-state index in [1.54, 1.807) is 12.3 Å². The summed E-state index contributed by atoms with van der Waals surface area (Å²) in [6, 6.07) is 4.27. The lowest BCUT2D eigenvalue weighted by atomic mass is 10.2. The summed E-state index contributed by atoms with van der Waals surface area (Å²) in [7, 11) is 1.51. The van der Waals surface area contributed by atoms with Crippen LogP contribution in [0.4, 0.5) is 4.39 Å². The Morgan fingerprint density at radius 2 is 2.26 bits per heavy atom. The number of nitrogens with zero attached hydrogens (tertiary/aromatic N) is 1. The first-order valence-corrected chi connectivity index (χ1v) is 7.89. The van der Waals surface area contributed by atoms with Crippen LogP contribution in [0, 0.1) is 12.7 Å². The van der Waals surface area contributed by atoms with Gasteiger partial charge in [0, 0.05) is 16.5 Å². The lowest BCUT2D eigenvalue weighted by Gasteiger charge is -2.10. The minimum atomic E-state index is -0.425. The molecule has 5 nitrogen and oxygen atoms in total. The lowest BCUT2D eigenvalue weighted by Crippen LogP contribution is -2.26. The molecule has 2 heterocycles. The van der Waals surface area contributed by atoms with Crippen LogP contribution in [0.5, 0.6) is 5.75 Å². The highest BCUT2D eigenvalue weighted by molar-refractivity contribution is 7.11. The summed E-state index contributed by atoms with van der Waals surface area (Å²) in [4.78, 5) is 20.4. The molecule has 1 unspecified atom stereocenters. The molecule has 7 heteroatoms. The van der Waals surface area contributed by atoms with E-state index in [0.717, 1.165) is 9.88 Å². The highest BCUT2D eigenvalue weighted by atomic mass is 32.1. The number of halogens is 1. The van der Waals surface area contributed by atoms with Crippen molar-refractivity contribution in [2.45, 2.75) is 19.9 Å². The van der Waals surface area contributed by atoms with Gasteiger partial charge in [-0.1, -0.05) is 0 Å². The largest absolute Gasteiger partial charge is 0.496 e. The number of rotatable bonds is 4. The molecule has 2 aromatic heterocycles. The van der Waals surface area contributed by atoms with E-state index in [2.05, 4.69) is 15.3 Å². The normalized spacial score (nSPS) is 12.3. The summed E-state index contributed by atoms with van der Waals surface area (Å²) >= 11 is 1.53. The SMILES string of the molecule is COc1ccc(F)c2[nH]c(C(=O)NC(C)c3cnc(C)s3)cc12. The van der Waals surface area contributed by atoms with Crippen molar-refractivity contribution < 1.29 is 13.9 Å². The second-order valence-corrected chi connectivity index (χ2v) is 6.46. The van der Waals surface area contributed by atoms with Gasteiger partial charge in [0.1, 0.15) is 17.3 Å². The molecule has 23 heavy (non-hydrogen) atoms. The predicted molar refractivity (Wildman–Crippen MR) is 87.5 cm³/mol. The minimum Gasteiger partial charge on any atom is -0.496 e. The maximum atomic E-state index is 13.9. The number of hydrogen-bond donors (Lipinski definition) is 2. The Morgan fingerprint density at radius 3 is 2.91 bits per heavy atom. The molecule has 0 saturated heterocycles. The third kappa shape index (κ3) is 2.92. The molecular weight excluding hydrogens is 317 g/mol. The van der Waals surface area contributed by atoms with Crippen LogP contribution in [0.3, 0.4) is 0 Å². The summed E-state index contributed by atoms with van der Waals surface area (Å²) in [5.74, 6) is -0.213. The monoisotopic (exact) mass is 333 g/mol. The fourth-order valence-electron chi connectivity index (χ4n) is 2.38. The standard InChI is InChI=1S/C16H16FN3O2S/c1-8(14-7-18-9(2)23-14)19-16(21)12-6-10-13(22-3)5-4-11(17)15(10)20-12/h4-8,20H,1-3H3,(H,19,21). The Hall–Kier alpha value is -2.41. The van der Waals surface area contributed by atoms with Gasteiger partial charge >= 0.3 is 0 Å². The van der Waals surface area contributed by atoms with Gasteiger partial charge in [0.05, 0.1) is 23.7 Å². The van der Waals surface area contributed by atoms with Crippen LogP contribution in [0.2, 0.25) is 0 Å². The molecule has 0 bridgehead atoms. The Kier molecular flexibility index (Phi) is 4.04. The molecule has 3 rings (SSSR count). The number of fused-ring (bicyclic) bond motifs is 1. The summed E-state index contributed by atoms with van der Waals surface area (Å²) in [5, 5.41) is 4.36. The van der Waals surface area contributed by atoms with Gasteiger partial charge in [-0.15, -0.1) is 11.3 Å². The van der Waals surface area contributed by atoms with Crippen LogP contribution in [-0.2, 0) is 0 Å². The van der Waals surface area contributed by atoms with Gasteiger partial charge < -0.3 is 15.0 Å². The summed E-state index contributed by atoms with van der Waals surface area (Å²) < 4.78 is 19.1. The molecule has 1 atom stereocenters. The van der Waals surface area contributed by atoms with Crippen molar-refractivity contribution in [1.29, 1.82) is 0 Å². The van der Waals surface area contributed by atoms with Crippen LogP contribution >= 0.6 is 11.3 Å². The van der Waals surface area contributed by atoms with E-state index < -0.39 is 5.82 Å². The van der Waals surface area contributed by atoms with Crippen molar-refractivity contribution in [1.82, 2.24) is 15.3 Å². The van der Waals surface area contributed by atoms with Crippen LogP contribution in [0.1, 0.15) is 33.3 Å². The number of aryl methyl sites for hydroxylation is 1. The number of aromatic nitrogens is 2. The van der Waals surface area contributed by atoms with Gasteiger partial charge in [-0.25, -0.2) is 9.37 Å². The minimum absolute atomic E-state index is 0.174. The molecule has 0 spiro atoms. The first kappa shape index (κ1) is 15.5. The second kappa shape index (κ2) is 6.00. The fourth-order valence-corrected chi connectivity index (χ4v) is 3.17. The topological polar surface area (TPSA) is 67.0 Å². The Labute approximate surface area is 136 Å². The summed E-state index contributed by atoms with van der Waals surface area (Å²) in [6.07, 6.45) is 1.75. The molecule has 0 aliphatic heterocycles. The van der Waals surface area contributed by atoms with Crippen molar-refractivity contribution in [3.05, 3.63) is 45.8 Å². The van der Waals surface area contributed by atoms with Gasteiger partial charge in [0.2, 0.25) is 0 Å². The number of nitrogens with one attached hydrogen (secondary N) is 2. The number of H-pyrrole nitrogens is 1. The van der Waals surface area contributed by atoms with Crippen molar-refractivity contribution in [3.8, 4) is 5.75 Å². The number of methoxy groups -OCH3 is 1. The van der Waals surface area contributed by atoms with E-state index in [-0.39, 0.29) is 23.2 Å². The Bertz CT molecular complexity index is 871. The number of carbonyl (C=O) groups is 1. The van der Waals surface area contributed by atoms with E-state index >= 15 is 0 Å². The van der Waals surface area contributed by atoms with Crippen LogP contribution in [0.25, 0.3) is 10.9 Å². The lowest BCUT2D eigenvalue weighted by molar-refractivity contribution is 0.0936. The average molecular weight is 333 g/mol. The summed E-state index contributed by atoms with van der Waals surface area (Å²) in [5.41, 5.74) is 0.548. The molecule has 1 amide bonds. The molecule has 0 fully saturated rings. The molecule has 0 radical (unpaired) electrons. The molecule has 120 valence electrons. The number of thiazole rings is 1. The number of hydrogen-bond acceptors (Lipinski definition) is 4. The van der Waals surface area contributed by atoms with Crippen LogP contribution in [-0.4, -0.2) is 23.0 Å². The van der Waals surface area contributed by atoms with Crippen molar-refractivity contribution in [2.24, 2.45) is 0 Å². The zero-order valence-corrected chi connectivity index (χ0v) is 13.8. The van der Waals surface area contributed by atoms with Crippen molar-refractivity contribution >= 4 is 28.1 Å². The van der Waals surface area contributed by atoms with Gasteiger partial charge in [-0.05, 0) is 32.0 Å². The van der Waals surface area contributed by atoms with Crippen molar-refractivity contribution in [3.63, 3.8) is 0 Å². The van der Waals surface area contributed by atoms with Crippen molar-refractivity contribution in [2.75, 3.05) is 7.11 Å². The highest BCUT2D eigenvalue weighted by Crippen LogP contribution is 2.28. The van der Waals surface area contributed by atoms with E-state index in [9.17, 15) is 9.18 Å². The van der Waals surface area contributed by atoms with E-state index in [4.69, 9.17) is 4.74 Å². The maximum absolute atomic E-state index is 13.9. The molecule has 3 aromatic rings. The summed E-state index contributed by atoms with van der Waals surface area (Å²) in [6.45, 7) is 3.80. The van der Waals surface area contributed by atoms with E-state index in [1.807, 2.05) is 13.8 Å². The van der Waals surface area contributed by atoms with Gasteiger partial charge in [0.25, 0.3) is 5.91 Å². The third-order valence-electron chi connectivity index (χ3n) is 3.58. The predicted octanol–water partition coefficient (Wildman–Crippen LogP) is 3.57. The molecule has 0 aliphatic rings.